The van der Waals surface area contributed by atoms with Gasteiger partial charge in [0.25, 0.3) is 5.56 Å². The highest BCUT2D eigenvalue weighted by atomic mass is 32.2. The molecule has 0 spiro atoms. The van der Waals surface area contributed by atoms with Gasteiger partial charge in [-0.3, -0.25) is 14.2 Å². The molecular weight excluding hydrogens is 480 g/mol. The van der Waals surface area contributed by atoms with Crippen molar-refractivity contribution < 1.29 is 9.53 Å². The van der Waals surface area contributed by atoms with Crippen molar-refractivity contribution in [3.63, 3.8) is 0 Å². The number of rotatable bonds is 6. The Balaban J connectivity index is 1.69. The monoisotopic (exact) mass is 510 g/mol. The van der Waals surface area contributed by atoms with Crippen molar-refractivity contribution in [3.05, 3.63) is 56.7 Å². The van der Waals surface area contributed by atoms with Crippen LogP contribution in [0.1, 0.15) is 50.1 Å². The molecule has 1 aliphatic rings. The topological polar surface area (TPSA) is 78.5 Å². The number of ether oxygens (including phenoxy) is 1. The molecule has 0 bridgehead atoms. The van der Waals surface area contributed by atoms with Crippen LogP contribution in [0.25, 0.3) is 16.0 Å². The van der Waals surface area contributed by atoms with Crippen molar-refractivity contribution in [2.75, 3.05) is 12.4 Å². The van der Waals surface area contributed by atoms with Crippen molar-refractivity contribution in [1.29, 1.82) is 0 Å². The van der Waals surface area contributed by atoms with Crippen LogP contribution in [-0.4, -0.2) is 37.5 Å². The van der Waals surface area contributed by atoms with E-state index in [1.165, 1.54) is 22.2 Å². The predicted molar refractivity (Wildman–Crippen MR) is 141 cm³/mol. The third kappa shape index (κ3) is 4.51. The highest BCUT2D eigenvalue weighted by molar-refractivity contribution is 7.99. The lowest BCUT2D eigenvalue weighted by Gasteiger charge is -2.33. The molecule has 4 aromatic rings. The number of carbonyl (C=O) groups is 1. The fourth-order valence-corrected chi connectivity index (χ4v) is 7.06. The minimum absolute atomic E-state index is 0.0163. The molecule has 9 heteroatoms. The molecule has 0 amide bonds. The summed E-state index contributed by atoms with van der Waals surface area (Å²) in [7, 11) is 0. The normalized spacial score (nSPS) is 16.1. The number of thiophene rings is 1. The fraction of sp³-hybridized carbons (Fsp3) is 0.462. The fourth-order valence-electron chi connectivity index (χ4n) is 4.86. The maximum Gasteiger partial charge on any atom is 0.316 e. The highest BCUT2D eigenvalue weighted by Crippen LogP contribution is 2.43. The molecule has 0 N–H and O–H groups in total. The average molecular weight is 511 g/mol. The Morgan fingerprint density at radius 2 is 2.00 bits per heavy atom. The number of hydrogen-bond acceptors (Lipinski definition) is 7. The van der Waals surface area contributed by atoms with Gasteiger partial charge >= 0.3 is 5.97 Å². The Morgan fingerprint density at radius 1 is 1.23 bits per heavy atom. The zero-order valence-electron chi connectivity index (χ0n) is 20.5. The molecule has 3 heterocycles. The van der Waals surface area contributed by atoms with Crippen molar-refractivity contribution in [1.82, 2.24) is 19.2 Å². The van der Waals surface area contributed by atoms with Crippen LogP contribution in [0.15, 0.2) is 40.3 Å². The van der Waals surface area contributed by atoms with Crippen LogP contribution in [0, 0.1) is 11.3 Å². The van der Waals surface area contributed by atoms with Crippen LogP contribution < -0.4 is 5.56 Å². The van der Waals surface area contributed by atoms with E-state index in [0.717, 1.165) is 35.0 Å². The van der Waals surface area contributed by atoms with Crippen molar-refractivity contribution in [2.45, 2.75) is 58.7 Å². The quantitative estimate of drug-likeness (QED) is 0.270. The summed E-state index contributed by atoms with van der Waals surface area (Å²) in [5.74, 6) is 0.930. The molecule has 1 unspecified atom stereocenters. The van der Waals surface area contributed by atoms with Gasteiger partial charge in [0.05, 0.1) is 24.3 Å². The van der Waals surface area contributed by atoms with Crippen LogP contribution in [-0.2, 0) is 28.9 Å². The first kappa shape index (κ1) is 24.1. The number of esters is 1. The molecule has 1 aliphatic carbocycles. The Morgan fingerprint density at radius 3 is 2.71 bits per heavy atom. The van der Waals surface area contributed by atoms with E-state index >= 15 is 0 Å². The van der Waals surface area contributed by atoms with E-state index in [2.05, 4.69) is 31.0 Å². The maximum absolute atomic E-state index is 13.9. The second kappa shape index (κ2) is 9.43. The number of hydrogen-bond donors (Lipinski definition) is 0. The van der Waals surface area contributed by atoms with Gasteiger partial charge in [0, 0.05) is 4.88 Å². The van der Waals surface area contributed by atoms with Gasteiger partial charge in [0.2, 0.25) is 5.78 Å². The first-order valence-corrected chi connectivity index (χ1v) is 13.8. The molecule has 0 radical (unpaired) electrons. The van der Waals surface area contributed by atoms with E-state index in [4.69, 9.17) is 4.74 Å². The van der Waals surface area contributed by atoms with Crippen LogP contribution in [0.5, 0.6) is 0 Å². The summed E-state index contributed by atoms with van der Waals surface area (Å²) in [6.45, 7) is 9.44. The van der Waals surface area contributed by atoms with Crippen molar-refractivity contribution in [2.24, 2.45) is 11.3 Å². The molecular formula is C26H30N4O3S2. The van der Waals surface area contributed by atoms with Gasteiger partial charge in [-0.25, -0.2) is 4.40 Å². The van der Waals surface area contributed by atoms with E-state index in [9.17, 15) is 9.59 Å². The SMILES string of the molecule is CCOC(=O)CSc1nnc2n(Cc3ccccc3)c(=O)c3c4c(sc3n12)CC(C(C)(C)C)CC4. The highest BCUT2D eigenvalue weighted by Gasteiger charge is 2.33. The number of thioether (sulfide) groups is 1. The average Bonchev–Trinajstić information content (AvgIpc) is 3.42. The van der Waals surface area contributed by atoms with Gasteiger partial charge in [-0.05, 0) is 48.6 Å². The van der Waals surface area contributed by atoms with Gasteiger partial charge in [-0.2, -0.15) is 0 Å². The van der Waals surface area contributed by atoms with Gasteiger partial charge in [0.1, 0.15) is 4.83 Å². The number of fused-ring (bicyclic) bond motifs is 5. The first-order chi connectivity index (χ1) is 16.8. The van der Waals surface area contributed by atoms with E-state index in [1.54, 1.807) is 22.8 Å². The molecule has 0 saturated heterocycles. The van der Waals surface area contributed by atoms with E-state index in [1.807, 2.05) is 34.7 Å². The Bertz CT molecular complexity index is 1450. The lowest BCUT2D eigenvalue weighted by molar-refractivity contribution is -0.139. The van der Waals surface area contributed by atoms with Crippen LogP contribution >= 0.6 is 23.1 Å². The molecule has 3 aromatic heterocycles. The molecule has 7 nitrogen and oxygen atoms in total. The molecule has 1 aromatic carbocycles. The van der Waals surface area contributed by atoms with Gasteiger partial charge in [-0.15, -0.1) is 21.5 Å². The third-order valence-corrected chi connectivity index (χ3v) is 8.94. The number of carbonyl (C=O) groups excluding carboxylic acids is 1. The summed E-state index contributed by atoms with van der Waals surface area (Å²) >= 11 is 2.98. The van der Waals surface area contributed by atoms with Crippen LogP contribution in [0.3, 0.4) is 0 Å². The maximum atomic E-state index is 13.9. The van der Waals surface area contributed by atoms with Gasteiger partial charge in [-0.1, -0.05) is 62.9 Å². The zero-order chi connectivity index (χ0) is 24.7. The second-order valence-corrected chi connectivity index (χ2v) is 12.1. The summed E-state index contributed by atoms with van der Waals surface area (Å²) < 4.78 is 8.80. The third-order valence-electron chi connectivity index (χ3n) is 6.80. The van der Waals surface area contributed by atoms with Crippen LogP contribution in [0.2, 0.25) is 0 Å². The molecule has 184 valence electrons. The second-order valence-electron chi connectivity index (χ2n) is 10.1. The molecule has 35 heavy (non-hydrogen) atoms. The van der Waals surface area contributed by atoms with E-state index < -0.39 is 0 Å². The van der Waals surface area contributed by atoms with Crippen molar-refractivity contribution in [3.8, 4) is 0 Å². The first-order valence-electron chi connectivity index (χ1n) is 12.0. The number of aryl methyl sites for hydroxylation is 1. The summed E-state index contributed by atoms with van der Waals surface area (Å²) in [5.41, 5.74) is 2.40. The molecule has 5 rings (SSSR count). The summed E-state index contributed by atoms with van der Waals surface area (Å²) in [5, 5.41) is 10.2. The Kier molecular flexibility index (Phi) is 6.48. The predicted octanol–water partition coefficient (Wildman–Crippen LogP) is 4.96. The number of benzene rings is 1. The molecule has 0 saturated carbocycles. The lowest BCUT2D eigenvalue weighted by atomic mass is 9.72. The smallest absolute Gasteiger partial charge is 0.316 e. The minimum atomic E-state index is -0.290. The molecule has 1 atom stereocenters. The number of aromatic nitrogens is 4. The minimum Gasteiger partial charge on any atom is -0.465 e. The Hall–Kier alpha value is -2.65. The molecule has 0 aliphatic heterocycles. The zero-order valence-corrected chi connectivity index (χ0v) is 22.2. The van der Waals surface area contributed by atoms with Gasteiger partial charge < -0.3 is 4.74 Å². The van der Waals surface area contributed by atoms with Crippen molar-refractivity contribution >= 4 is 45.1 Å². The summed E-state index contributed by atoms with van der Waals surface area (Å²) in [4.78, 5) is 28.1. The number of nitrogens with zero attached hydrogens (tertiary/aromatic N) is 4. The van der Waals surface area contributed by atoms with E-state index in [0.29, 0.717) is 30.0 Å². The van der Waals surface area contributed by atoms with E-state index in [-0.39, 0.29) is 22.7 Å². The van der Waals surface area contributed by atoms with Crippen LogP contribution in [0.4, 0.5) is 0 Å². The Labute approximate surface area is 212 Å². The standard InChI is InChI=1S/C26H30N4O3S2/c1-5-33-20(31)15-34-25-28-27-24-29(14-16-9-7-6-8-10-16)22(32)21-18-12-11-17(26(2,3)4)13-19(18)35-23(21)30(24)25/h6-10,17H,5,11-15H2,1-4H3. The lowest BCUT2D eigenvalue weighted by Crippen LogP contribution is -2.27. The largest absolute Gasteiger partial charge is 0.465 e. The summed E-state index contributed by atoms with van der Waals surface area (Å²) in [6, 6.07) is 9.93. The molecule has 0 fully saturated rings. The summed E-state index contributed by atoms with van der Waals surface area (Å²) in [6.07, 6.45) is 2.95. The van der Waals surface area contributed by atoms with Gasteiger partial charge in [0.15, 0.2) is 5.16 Å².